The van der Waals surface area contributed by atoms with E-state index in [1.54, 1.807) is 11.0 Å². The number of carbonyl (C=O) groups excluding carboxylic acids is 1. The van der Waals surface area contributed by atoms with Gasteiger partial charge >= 0.3 is 0 Å². The molecule has 0 aliphatic carbocycles. The van der Waals surface area contributed by atoms with Crippen LogP contribution in [-0.4, -0.2) is 39.9 Å². The van der Waals surface area contributed by atoms with Crippen LogP contribution in [0.5, 0.6) is 0 Å². The Morgan fingerprint density at radius 1 is 1.62 bits per heavy atom. The van der Waals surface area contributed by atoms with E-state index in [1.807, 2.05) is 0 Å². The molecule has 1 aromatic rings. The van der Waals surface area contributed by atoms with E-state index in [2.05, 4.69) is 15.4 Å². The predicted octanol–water partition coefficient (Wildman–Crippen LogP) is -0.0366. The lowest BCUT2D eigenvalue weighted by Gasteiger charge is -2.10. The monoisotopic (exact) mass is 224 g/mol. The van der Waals surface area contributed by atoms with Crippen LogP contribution in [0, 0.1) is 0 Å². The normalized spacial score (nSPS) is 19.9. The molecule has 1 amide bonds. The second kappa shape index (κ2) is 5.60. The van der Waals surface area contributed by atoms with Crippen molar-refractivity contribution in [1.29, 1.82) is 0 Å². The van der Waals surface area contributed by atoms with Gasteiger partial charge in [-0.2, -0.15) is 5.10 Å². The molecule has 0 aromatic carbocycles. The zero-order chi connectivity index (χ0) is 11.2. The molecule has 1 aliphatic rings. The number of hydrogen-bond acceptors (Lipinski definition) is 4. The average molecular weight is 224 g/mol. The van der Waals surface area contributed by atoms with E-state index in [-0.39, 0.29) is 12.0 Å². The van der Waals surface area contributed by atoms with Crippen LogP contribution in [0.15, 0.2) is 12.7 Å². The van der Waals surface area contributed by atoms with E-state index in [0.29, 0.717) is 19.5 Å². The second-order valence-electron chi connectivity index (χ2n) is 3.85. The van der Waals surface area contributed by atoms with Crippen LogP contribution in [0.1, 0.15) is 19.3 Å². The van der Waals surface area contributed by atoms with Crippen molar-refractivity contribution in [3.63, 3.8) is 0 Å². The summed E-state index contributed by atoms with van der Waals surface area (Å²) in [5, 5.41) is 6.79. The van der Waals surface area contributed by atoms with Crippen molar-refractivity contribution >= 4 is 5.91 Å². The van der Waals surface area contributed by atoms with Crippen LogP contribution in [0.3, 0.4) is 0 Å². The molecule has 0 spiro atoms. The van der Waals surface area contributed by atoms with Crippen LogP contribution < -0.4 is 5.32 Å². The molecular weight excluding hydrogens is 208 g/mol. The van der Waals surface area contributed by atoms with Gasteiger partial charge in [0, 0.05) is 19.6 Å². The summed E-state index contributed by atoms with van der Waals surface area (Å²) < 4.78 is 7.06. The van der Waals surface area contributed by atoms with Crippen molar-refractivity contribution in [2.24, 2.45) is 0 Å². The Balaban J connectivity index is 1.60. The van der Waals surface area contributed by atoms with Crippen LogP contribution in [0.4, 0.5) is 0 Å². The summed E-state index contributed by atoms with van der Waals surface area (Å²) >= 11 is 0. The van der Waals surface area contributed by atoms with Crippen LogP contribution in [0.25, 0.3) is 0 Å². The third-order valence-electron chi connectivity index (χ3n) is 2.59. The molecule has 0 saturated carbocycles. The first-order chi connectivity index (χ1) is 7.84. The highest BCUT2D eigenvalue weighted by Gasteiger charge is 2.15. The number of nitrogens with one attached hydrogen (secondary N) is 1. The first-order valence-corrected chi connectivity index (χ1v) is 5.55. The highest BCUT2D eigenvalue weighted by Crippen LogP contribution is 2.10. The van der Waals surface area contributed by atoms with E-state index in [1.165, 1.54) is 6.33 Å². The molecule has 1 N–H and O–H groups in total. The molecule has 2 heterocycles. The Morgan fingerprint density at radius 2 is 2.56 bits per heavy atom. The number of rotatable bonds is 5. The van der Waals surface area contributed by atoms with Gasteiger partial charge in [0.25, 0.3) is 0 Å². The third kappa shape index (κ3) is 3.30. The maximum atomic E-state index is 11.5. The van der Waals surface area contributed by atoms with Crippen LogP contribution in [-0.2, 0) is 16.1 Å². The highest BCUT2D eigenvalue weighted by molar-refractivity contribution is 5.75. The number of aromatic nitrogens is 3. The summed E-state index contributed by atoms with van der Waals surface area (Å²) in [6.07, 6.45) is 5.84. The summed E-state index contributed by atoms with van der Waals surface area (Å²) in [4.78, 5) is 15.3. The van der Waals surface area contributed by atoms with Crippen molar-refractivity contribution in [3.05, 3.63) is 12.7 Å². The molecule has 16 heavy (non-hydrogen) atoms. The maximum Gasteiger partial charge on any atom is 0.221 e. The zero-order valence-corrected chi connectivity index (χ0v) is 9.13. The van der Waals surface area contributed by atoms with Gasteiger partial charge in [-0.15, -0.1) is 0 Å². The van der Waals surface area contributed by atoms with Crippen LogP contribution >= 0.6 is 0 Å². The zero-order valence-electron chi connectivity index (χ0n) is 9.13. The number of nitrogens with zero attached hydrogens (tertiary/aromatic N) is 3. The highest BCUT2D eigenvalue weighted by atomic mass is 16.5. The van der Waals surface area contributed by atoms with Gasteiger partial charge in [-0.3, -0.25) is 9.48 Å². The molecule has 6 nitrogen and oxygen atoms in total. The Morgan fingerprint density at radius 3 is 3.25 bits per heavy atom. The molecule has 0 radical (unpaired) electrons. The number of amides is 1. The van der Waals surface area contributed by atoms with Crippen LogP contribution in [0.2, 0.25) is 0 Å². The Hall–Kier alpha value is -1.43. The van der Waals surface area contributed by atoms with Gasteiger partial charge in [0.2, 0.25) is 5.91 Å². The standard InChI is InChI=1S/C10H16N4O2/c15-10(3-4-14-8-11-7-13-14)12-6-9-2-1-5-16-9/h7-9H,1-6H2,(H,12,15)/t9-/m0/s1. The molecule has 2 rings (SSSR count). The second-order valence-corrected chi connectivity index (χ2v) is 3.85. The molecule has 0 unspecified atom stereocenters. The minimum absolute atomic E-state index is 0.0333. The largest absolute Gasteiger partial charge is 0.376 e. The fourth-order valence-electron chi connectivity index (χ4n) is 1.69. The number of carbonyl (C=O) groups is 1. The first-order valence-electron chi connectivity index (χ1n) is 5.55. The Labute approximate surface area is 94.0 Å². The lowest BCUT2D eigenvalue weighted by molar-refractivity contribution is -0.121. The lowest BCUT2D eigenvalue weighted by atomic mass is 10.2. The number of hydrogen-bond donors (Lipinski definition) is 1. The van der Waals surface area contributed by atoms with Gasteiger partial charge < -0.3 is 10.1 Å². The Bertz CT molecular complexity index is 320. The van der Waals surface area contributed by atoms with E-state index in [9.17, 15) is 4.79 Å². The van der Waals surface area contributed by atoms with E-state index in [4.69, 9.17) is 4.74 Å². The molecule has 1 fully saturated rings. The summed E-state index contributed by atoms with van der Waals surface area (Å²) in [7, 11) is 0. The van der Waals surface area contributed by atoms with Gasteiger partial charge in [-0.05, 0) is 12.8 Å². The molecule has 1 aliphatic heterocycles. The molecule has 1 saturated heterocycles. The van der Waals surface area contributed by atoms with Crippen molar-refractivity contribution in [2.75, 3.05) is 13.2 Å². The van der Waals surface area contributed by atoms with Crippen molar-refractivity contribution in [3.8, 4) is 0 Å². The number of aryl methyl sites for hydroxylation is 1. The summed E-state index contributed by atoms with van der Waals surface area (Å²) in [6, 6.07) is 0. The fourth-order valence-corrected chi connectivity index (χ4v) is 1.69. The SMILES string of the molecule is O=C(CCn1cncn1)NC[C@@H]1CCCO1. The average Bonchev–Trinajstić information content (AvgIpc) is 2.96. The molecule has 1 aromatic heterocycles. The molecular formula is C10H16N4O2. The summed E-state index contributed by atoms with van der Waals surface area (Å²) in [5.74, 6) is 0.0333. The van der Waals surface area contributed by atoms with Gasteiger partial charge in [-0.1, -0.05) is 0 Å². The van der Waals surface area contributed by atoms with Gasteiger partial charge in [-0.25, -0.2) is 4.98 Å². The third-order valence-corrected chi connectivity index (χ3v) is 2.59. The maximum absolute atomic E-state index is 11.5. The molecule has 6 heteroatoms. The van der Waals surface area contributed by atoms with Gasteiger partial charge in [0.05, 0.1) is 12.6 Å². The van der Waals surface area contributed by atoms with Gasteiger partial charge in [0.15, 0.2) is 0 Å². The van der Waals surface area contributed by atoms with Gasteiger partial charge in [0.1, 0.15) is 12.7 Å². The quantitative estimate of drug-likeness (QED) is 0.762. The number of ether oxygens (including phenoxy) is 1. The summed E-state index contributed by atoms with van der Waals surface area (Å²) in [6.45, 7) is 2.01. The molecule has 0 bridgehead atoms. The van der Waals surface area contributed by atoms with E-state index in [0.717, 1.165) is 19.4 Å². The minimum atomic E-state index is 0.0333. The molecule has 88 valence electrons. The summed E-state index contributed by atoms with van der Waals surface area (Å²) in [5.41, 5.74) is 0. The van der Waals surface area contributed by atoms with Crippen molar-refractivity contribution in [2.45, 2.75) is 31.9 Å². The van der Waals surface area contributed by atoms with Crippen molar-refractivity contribution in [1.82, 2.24) is 20.1 Å². The molecule has 1 atom stereocenters. The fraction of sp³-hybridized carbons (Fsp3) is 0.700. The van der Waals surface area contributed by atoms with E-state index < -0.39 is 0 Å². The smallest absolute Gasteiger partial charge is 0.221 e. The first kappa shape index (κ1) is 11.1. The van der Waals surface area contributed by atoms with Crippen molar-refractivity contribution < 1.29 is 9.53 Å². The Kier molecular flexibility index (Phi) is 3.87. The minimum Gasteiger partial charge on any atom is -0.376 e. The lowest BCUT2D eigenvalue weighted by Crippen LogP contribution is -2.32. The predicted molar refractivity (Wildman–Crippen MR) is 56.6 cm³/mol. The topological polar surface area (TPSA) is 69.0 Å². The van der Waals surface area contributed by atoms with E-state index >= 15 is 0 Å².